The van der Waals surface area contributed by atoms with E-state index in [1.165, 1.54) is 148 Å². The number of phosphoric ester groups is 2. The maximum atomic E-state index is 13.0. The van der Waals surface area contributed by atoms with Crippen molar-refractivity contribution in [3.8, 4) is 0 Å². The highest BCUT2D eigenvalue weighted by atomic mass is 31.2. The molecule has 0 radical (unpaired) electrons. The number of unbranched alkanes of at least 4 members (excludes halogenated alkanes) is 35. The molecule has 0 aliphatic rings. The maximum Gasteiger partial charge on any atom is 0.472 e. The Hall–Kier alpha value is -1.94. The highest BCUT2D eigenvalue weighted by Gasteiger charge is 2.30. The molecule has 0 aromatic heterocycles. The van der Waals surface area contributed by atoms with Gasteiger partial charge in [0.2, 0.25) is 0 Å². The fraction of sp³-hybridized carbons (Fsp3) is 0.942. The van der Waals surface area contributed by atoms with Gasteiger partial charge in [0, 0.05) is 25.7 Å². The molecule has 88 heavy (non-hydrogen) atoms. The van der Waals surface area contributed by atoms with Crippen LogP contribution in [0.5, 0.6) is 0 Å². The van der Waals surface area contributed by atoms with Crippen molar-refractivity contribution in [2.24, 2.45) is 17.8 Å². The van der Waals surface area contributed by atoms with Gasteiger partial charge >= 0.3 is 39.5 Å². The van der Waals surface area contributed by atoms with Gasteiger partial charge in [-0.3, -0.25) is 37.3 Å². The standard InChI is InChI=1S/C69H134O17P2/c1-8-9-10-11-12-28-36-43-50-66(71)79-57-65(86-69(74)53-46-39-32-31-35-42-49-62(6)7)59-84-88(77,78)82-55-63(70)54-81-87(75,76)83-58-64(56-80-67(72)51-44-37-29-24-21-20-23-27-34-41-48-61(4)5)85-68(73)52-45-38-30-25-19-17-15-13-14-16-18-22-26-33-40-47-60(2)3/h60-65,70H,8-59H2,1-7H3,(H,75,76)(H,77,78)/t63-,64-,65-/m1/s1. The zero-order chi connectivity index (χ0) is 65.2. The first-order chi connectivity index (χ1) is 42.2. The molecule has 3 N–H and O–H groups in total. The van der Waals surface area contributed by atoms with Crippen LogP contribution in [0.15, 0.2) is 0 Å². The second-order valence-electron chi connectivity index (χ2n) is 26.3. The van der Waals surface area contributed by atoms with Gasteiger partial charge < -0.3 is 33.8 Å². The lowest BCUT2D eigenvalue weighted by atomic mass is 10.0. The van der Waals surface area contributed by atoms with Crippen molar-refractivity contribution in [2.75, 3.05) is 39.6 Å². The van der Waals surface area contributed by atoms with Crippen LogP contribution in [0.3, 0.4) is 0 Å². The lowest BCUT2D eigenvalue weighted by Gasteiger charge is -2.21. The summed E-state index contributed by atoms with van der Waals surface area (Å²) in [4.78, 5) is 72.3. The molecule has 0 aromatic rings. The molecule has 0 amide bonds. The number of aliphatic hydroxyl groups is 1. The van der Waals surface area contributed by atoms with E-state index in [0.717, 1.165) is 108 Å². The third-order valence-corrected chi connectivity index (χ3v) is 17.8. The number of hydrogen-bond donors (Lipinski definition) is 3. The minimum Gasteiger partial charge on any atom is -0.462 e. The Morgan fingerprint density at radius 1 is 0.307 bits per heavy atom. The summed E-state index contributed by atoms with van der Waals surface area (Å²) in [5.74, 6) is 0.0963. The summed E-state index contributed by atoms with van der Waals surface area (Å²) in [5.41, 5.74) is 0. The van der Waals surface area contributed by atoms with Gasteiger partial charge in [0.25, 0.3) is 0 Å². The first-order valence-electron chi connectivity index (χ1n) is 35.8. The molecule has 0 aromatic carbocycles. The normalized spacial score (nSPS) is 14.2. The lowest BCUT2D eigenvalue weighted by Crippen LogP contribution is -2.30. The molecular weight excluding hydrogens is 1160 g/mol. The molecule has 19 heteroatoms. The fourth-order valence-corrected chi connectivity index (χ4v) is 11.9. The Balaban J connectivity index is 5.20. The summed E-state index contributed by atoms with van der Waals surface area (Å²) in [5, 5.41) is 10.6. The smallest absolute Gasteiger partial charge is 0.462 e. The quantitative estimate of drug-likeness (QED) is 0.0222. The molecule has 522 valence electrons. The van der Waals surface area contributed by atoms with E-state index in [2.05, 4.69) is 48.5 Å². The number of phosphoric acid groups is 2. The molecular formula is C69H134O17P2. The zero-order valence-corrected chi connectivity index (χ0v) is 59.0. The van der Waals surface area contributed by atoms with Gasteiger partial charge in [-0.2, -0.15) is 0 Å². The summed E-state index contributed by atoms with van der Waals surface area (Å²) in [6.45, 7) is 11.7. The summed E-state index contributed by atoms with van der Waals surface area (Å²) in [6, 6.07) is 0. The van der Waals surface area contributed by atoms with Gasteiger partial charge in [0.05, 0.1) is 26.4 Å². The minimum absolute atomic E-state index is 0.102. The minimum atomic E-state index is -4.95. The SMILES string of the molecule is CCCCCCCCCCC(=O)OC[C@H](COP(=O)(O)OC[C@H](O)COP(=O)(O)OC[C@@H](COC(=O)CCCCCCCCCCCCC(C)C)OC(=O)CCCCCCCCCCCCCCCCCC(C)C)OC(=O)CCCCCCCCC(C)C. The highest BCUT2D eigenvalue weighted by molar-refractivity contribution is 7.47. The summed E-state index contributed by atoms with van der Waals surface area (Å²) in [7, 11) is -9.89. The monoisotopic (exact) mass is 1300 g/mol. The third-order valence-electron chi connectivity index (χ3n) is 15.9. The predicted octanol–water partition coefficient (Wildman–Crippen LogP) is 19.5. The Labute approximate surface area is 537 Å². The molecule has 5 atom stereocenters. The molecule has 0 saturated heterocycles. The van der Waals surface area contributed by atoms with Crippen molar-refractivity contribution in [1.82, 2.24) is 0 Å². The molecule has 0 rings (SSSR count). The van der Waals surface area contributed by atoms with Gasteiger partial charge in [-0.25, -0.2) is 9.13 Å². The maximum absolute atomic E-state index is 13.0. The van der Waals surface area contributed by atoms with Gasteiger partial charge in [-0.1, -0.05) is 292 Å². The first-order valence-corrected chi connectivity index (χ1v) is 38.8. The zero-order valence-electron chi connectivity index (χ0n) is 57.2. The Kier molecular flexibility index (Phi) is 58.7. The van der Waals surface area contributed by atoms with Crippen LogP contribution < -0.4 is 0 Å². The van der Waals surface area contributed by atoms with Crippen molar-refractivity contribution in [3.05, 3.63) is 0 Å². The largest absolute Gasteiger partial charge is 0.472 e. The van der Waals surface area contributed by atoms with Gasteiger partial charge in [-0.15, -0.1) is 0 Å². The molecule has 0 aliphatic heterocycles. The van der Waals surface area contributed by atoms with Crippen LogP contribution >= 0.6 is 15.6 Å². The van der Waals surface area contributed by atoms with Crippen molar-refractivity contribution in [1.29, 1.82) is 0 Å². The molecule has 17 nitrogen and oxygen atoms in total. The van der Waals surface area contributed by atoms with Crippen molar-refractivity contribution in [3.63, 3.8) is 0 Å². The fourth-order valence-electron chi connectivity index (χ4n) is 10.4. The van der Waals surface area contributed by atoms with E-state index in [9.17, 15) is 43.2 Å². The molecule has 0 fully saturated rings. The number of carbonyl (C=O) groups excluding carboxylic acids is 4. The Morgan fingerprint density at radius 3 is 0.773 bits per heavy atom. The van der Waals surface area contributed by atoms with Crippen LogP contribution in [0, 0.1) is 17.8 Å². The van der Waals surface area contributed by atoms with Crippen LogP contribution in [-0.2, 0) is 65.4 Å². The number of carbonyl (C=O) groups is 4. The van der Waals surface area contributed by atoms with E-state index in [4.69, 9.17) is 37.0 Å². The van der Waals surface area contributed by atoms with Gasteiger partial charge in [-0.05, 0) is 43.4 Å². The second kappa shape index (κ2) is 60.0. The number of ether oxygens (including phenoxy) is 4. The lowest BCUT2D eigenvalue weighted by molar-refractivity contribution is -0.161. The van der Waals surface area contributed by atoms with E-state index >= 15 is 0 Å². The number of esters is 4. The predicted molar refractivity (Wildman–Crippen MR) is 354 cm³/mol. The molecule has 0 aliphatic carbocycles. The van der Waals surface area contributed by atoms with Crippen molar-refractivity contribution in [2.45, 2.75) is 362 Å². The number of rotatable bonds is 67. The topological polar surface area (TPSA) is 237 Å². The Morgan fingerprint density at radius 2 is 0.523 bits per heavy atom. The molecule has 0 saturated carbocycles. The van der Waals surface area contributed by atoms with Crippen LogP contribution in [0.2, 0.25) is 0 Å². The summed E-state index contributed by atoms with van der Waals surface area (Å²) < 4.78 is 68.1. The third kappa shape index (κ3) is 62.8. The average Bonchev–Trinajstić information content (AvgIpc) is 3.52. The van der Waals surface area contributed by atoms with Gasteiger partial charge in [0.15, 0.2) is 12.2 Å². The van der Waals surface area contributed by atoms with Crippen molar-refractivity contribution >= 4 is 39.5 Å². The van der Waals surface area contributed by atoms with Crippen LogP contribution in [0.4, 0.5) is 0 Å². The van der Waals surface area contributed by atoms with Crippen LogP contribution in [0.1, 0.15) is 344 Å². The van der Waals surface area contributed by atoms with E-state index in [1.54, 1.807) is 0 Å². The van der Waals surface area contributed by atoms with E-state index < -0.39 is 97.5 Å². The molecule has 0 heterocycles. The molecule has 0 spiro atoms. The Bertz CT molecular complexity index is 1730. The first kappa shape index (κ1) is 86.1. The number of aliphatic hydroxyl groups excluding tert-OH is 1. The van der Waals surface area contributed by atoms with Crippen LogP contribution in [-0.4, -0.2) is 96.7 Å². The number of hydrogen-bond acceptors (Lipinski definition) is 15. The average molecular weight is 1300 g/mol. The van der Waals surface area contributed by atoms with E-state index in [-0.39, 0.29) is 25.7 Å². The summed E-state index contributed by atoms with van der Waals surface area (Å²) >= 11 is 0. The van der Waals surface area contributed by atoms with E-state index in [1.807, 2.05) is 0 Å². The second-order valence-corrected chi connectivity index (χ2v) is 29.3. The van der Waals surface area contributed by atoms with E-state index in [0.29, 0.717) is 31.6 Å². The van der Waals surface area contributed by atoms with Crippen molar-refractivity contribution < 1.29 is 80.2 Å². The molecule has 2 unspecified atom stereocenters. The molecule has 0 bridgehead atoms. The van der Waals surface area contributed by atoms with Crippen LogP contribution in [0.25, 0.3) is 0 Å². The highest BCUT2D eigenvalue weighted by Crippen LogP contribution is 2.45. The summed E-state index contributed by atoms with van der Waals surface area (Å²) in [6.07, 6.45) is 43.3. The van der Waals surface area contributed by atoms with Gasteiger partial charge in [0.1, 0.15) is 19.3 Å².